The van der Waals surface area contributed by atoms with Crippen LogP contribution in [0.1, 0.15) is 12.8 Å². The third-order valence-corrected chi connectivity index (χ3v) is 3.88. The van der Waals surface area contributed by atoms with E-state index in [4.69, 9.17) is 15.6 Å². The third-order valence-electron chi connectivity index (χ3n) is 2.92. The van der Waals surface area contributed by atoms with Crippen molar-refractivity contribution in [3.63, 3.8) is 0 Å². The average Bonchev–Trinajstić information content (AvgIpc) is 3.13. The first-order valence-electron chi connectivity index (χ1n) is 6.21. The Morgan fingerprint density at radius 2 is 2.11 bits per heavy atom. The molecule has 0 unspecified atom stereocenters. The van der Waals surface area contributed by atoms with Gasteiger partial charge in [-0.05, 0) is 37.0 Å². The lowest BCUT2D eigenvalue weighted by Crippen LogP contribution is -2.17. The maximum Gasteiger partial charge on any atom is 0.240 e. The van der Waals surface area contributed by atoms with Crippen molar-refractivity contribution < 1.29 is 13.2 Å². The van der Waals surface area contributed by atoms with E-state index in [1.165, 1.54) is 18.9 Å². The van der Waals surface area contributed by atoms with Gasteiger partial charge in [-0.2, -0.15) is 0 Å². The van der Waals surface area contributed by atoms with E-state index in [1.54, 1.807) is 12.1 Å². The van der Waals surface area contributed by atoms with Gasteiger partial charge in [-0.1, -0.05) is 0 Å². The summed E-state index contributed by atoms with van der Waals surface area (Å²) in [4.78, 5) is 0.00897. The van der Waals surface area contributed by atoms with Crippen molar-refractivity contribution in [2.75, 3.05) is 30.8 Å². The molecule has 0 spiro atoms. The second-order valence-electron chi connectivity index (χ2n) is 4.75. The van der Waals surface area contributed by atoms with Crippen molar-refractivity contribution in [1.82, 2.24) is 0 Å². The lowest BCUT2D eigenvalue weighted by atomic mass is 10.3. The Morgan fingerprint density at radius 3 is 2.74 bits per heavy atom. The fraction of sp³-hybridized carbons (Fsp3) is 0.500. The van der Waals surface area contributed by atoms with Crippen LogP contribution >= 0.6 is 0 Å². The molecule has 0 amide bonds. The highest BCUT2D eigenvalue weighted by Gasteiger charge is 2.21. The summed E-state index contributed by atoms with van der Waals surface area (Å²) in [6.45, 7) is 1.84. The molecule has 0 atom stereocenters. The summed E-state index contributed by atoms with van der Waals surface area (Å²) in [6.07, 6.45) is 2.50. The molecule has 7 heteroatoms. The highest BCUT2D eigenvalue weighted by atomic mass is 32.2. The topological polar surface area (TPSA) is 107 Å². The third kappa shape index (κ3) is 4.38. The van der Waals surface area contributed by atoms with Crippen molar-refractivity contribution in [3.05, 3.63) is 18.2 Å². The lowest BCUT2D eigenvalue weighted by Gasteiger charge is -2.11. The van der Waals surface area contributed by atoms with Gasteiger partial charge < -0.3 is 15.8 Å². The summed E-state index contributed by atoms with van der Waals surface area (Å²) >= 11 is 0. The highest BCUT2D eigenvalue weighted by molar-refractivity contribution is 7.89. The van der Waals surface area contributed by atoms with Crippen molar-refractivity contribution in [1.29, 1.82) is 0 Å². The quantitative estimate of drug-likeness (QED) is 0.506. The molecule has 106 valence electrons. The summed E-state index contributed by atoms with van der Waals surface area (Å²) in [5.74, 6) is 0.719. The van der Waals surface area contributed by atoms with Gasteiger partial charge in [0, 0.05) is 18.8 Å². The largest absolute Gasteiger partial charge is 0.399 e. The number of rotatable bonds is 7. The van der Waals surface area contributed by atoms with E-state index in [0.717, 1.165) is 12.5 Å². The zero-order chi connectivity index (χ0) is 13.9. The molecule has 5 N–H and O–H groups in total. The van der Waals surface area contributed by atoms with Crippen LogP contribution in [0.5, 0.6) is 0 Å². The molecule has 0 aliphatic heterocycles. The smallest absolute Gasteiger partial charge is 0.240 e. The van der Waals surface area contributed by atoms with Crippen molar-refractivity contribution in [2.45, 2.75) is 17.7 Å². The maximum atomic E-state index is 11.4. The number of nitrogens with two attached hydrogens (primary N) is 2. The van der Waals surface area contributed by atoms with Gasteiger partial charge in [-0.3, -0.25) is 0 Å². The Labute approximate surface area is 113 Å². The van der Waals surface area contributed by atoms with Gasteiger partial charge in [0.1, 0.15) is 4.90 Å². The molecule has 1 fully saturated rings. The van der Waals surface area contributed by atoms with Gasteiger partial charge in [0.05, 0.1) is 12.3 Å². The van der Waals surface area contributed by atoms with E-state index in [0.29, 0.717) is 24.5 Å². The van der Waals surface area contributed by atoms with Crippen molar-refractivity contribution in [2.24, 2.45) is 11.1 Å². The Hall–Kier alpha value is -1.31. The first-order chi connectivity index (χ1) is 8.97. The molecule has 6 nitrogen and oxygen atoms in total. The van der Waals surface area contributed by atoms with Gasteiger partial charge >= 0.3 is 0 Å². The second kappa shape index (κ2) is 5.77. The monoisotopic (exact) mass is 285 g/mol. The first kappa shape index (κ1) is 14.1. The molecule has 1 aromatic rings. The lowest BCUT2D eigenvalue weighted by molar-refractivity contribution is 0.134. The molecule has 1 aliphatic carbocycles. The van der Waals surface area contributed by atoms with Crippen LogP contribution in [0.4, 0.5) is 11.4 Å². The fourth-order valence-electron chi connectivity index (χ4n) is 1.71. The van der Waals surface area contributed by atoms with Gasteiger partial charge in [-0.25, -0.2) is 13.6 Å². The Morgan fingerprint density at radius 1 is 1.37 bits per heavy atom. The minimum Gasteiger partial charge on any atom is -0.399 e. The summed E-state index contributed by atoms with van der Waals surface area (Å²) in [5, 5.41) is 8.15. The zero-order valence-corrected chi connectivity index (χ0v) is 11.4. The molecule has 0 saturated heterocycles. The van der Waals surface area contributed by atoms with Crippen LogP contribution in [0.3, 0.4) is 0 Å². The molecule has 1 saturated carbocycles. The molecule has 0 aromatic heterocycles. The van der Waals surface area contributed by atoms with E-state index >= 15 is 0 Å². The number of benzene rings is 1. The summed E-state index contributed by atoms with van der Waals surface area (Å²) in [5.41, 5.74) is 6.38. The van der Waals surface area contributed by atoms with Crippen LogP contribution in [0.15, 0.2) is 23.1 Å². The molecule has 19 heavy (non-hydrogen) atoms. The van der Waals surface area contributed by atoms with Crippen molar-refractivity contribution in [3.8, 4) is 0 Å². The second-order valence-corrected chi connectivity index (χ2v) is 6.28. The number of nitrogens with one attached hydrogen (secondary N) is 1. The Kier molecular flexibility index (Phi) is 4.28. The van der Waals surface area contributed by atoms with Crippen LogP contribution in [-0.2, 0) is 14.8 Å². The molecule has 0 heterocycles. The number of sulfonamides is 1. The molecule has 0 radical (unpaired) electrons. The van der Waals surface area contributed by atoms with Crippen LogP contribution in [0.25, 0.3) is 0 Å². The van der Waals surface area contributed by atoms with Crippen LogP contribution < -0.4 is 16.2 Å². The van der Waals surface area contributed by atoms with E-state index in [2.05, 4.69) is 5.32 Å². The Bertz CT molecular complexity index is 541. The summed E-state index contributed by atoms with van der Waals surface area (Å²) in [7, 11) is -3.79. The molecule has 1 aliphatic rings. The minimum absolute atomic E-state index is 0.00897. The SMILES string of the molecule is Nc1ccc(NCCOCC2CC2)c(S(N)(=O)=O)c1. The van der Waals surface area contributed by atoms with Gasteiger partial charge in [0.2, 0.25) is 10.0 Å². The molecular formula is C12H19N3O3S. The first-order valence-corrected chi connectivity index (χ1v) is 7.75. The van der Waals surface area contributed by atoms with Crippen LogP contribution in [0, 0.1) is 5.92 Å². The molecule has 1 aromatic carbocycles. The van der Waals surface area contributed by atoms with E-state index < -0.39 is 10.0 Å². The van der Waals surface area contributed by atoms with Gasteiger partial charge in [0.25, 0.3) is 0 Å². The summed E-state index contributed by atoms with van der Waals surface area (Å²) < 4.78 is 28.3. The Balaban J connectivity index is 1.91. The van der Waals surface area contributed by atoms with E-state index in [-0.39, 0.29) is 4.90 Å². The van der Waals surface area contributed by atoms with Crippen LogP contribution in [-0.4, -0.2) is 28.2 Å². The van der Waals surface area contributed by atoms with Crippen molar-refractivity contribution >= 4 is 21.4 Å². The van der Waals surface area contributed by atoms with Gasteiger partial charge in [-0.15, -0.1) is 0 Å². The number of anilines is 2. The number of hydrogen-bond acceptors (Lipinski definition) is 5. The molecular weight excluding hydrogens is 266 g/mol. The molecule has 2 rings (SSSR count). The number of primary sulfonamides is 1. The average molecular weight is 285 g/mol. The number of nitrogen functional groups attached to an aromatic ring is 1. The number of hydrogen-bond donors (Lipinski definition) is 3. The summed E-state index contributed by atoms with van der Waals surface area (Å²) in [6, 6.07) is 4.58. The highest BCUT2D eigenvalue weighted by Crippen LogP contribution is 2.28. The number of ether oxygens (including phenoxy) is 1. The molecule has 0 bridgehead atoms. The van der Waals surface area contributed by atoms with Crippen LogP contribution in [0.2, 0.25) is 0 Å². The van der Waals surface area contributed by atoms with E-state index in [1.807, 2.05) is 0 Å². The van der Waals surface area contributed by atoms with E-state index in [9.17, 15) is 8.42 Å². The van der Waals surface area contributed by atoms with Gasteiger partial charge in [0.15, 0.2) is 0 Å². The zero-order valence-electron chi connectivity index (χ0n) is 10.6. The predicted octanol–water partition coefficient (Wildman–Crippen LogP) is 0.755. The standard InChI is InChI=1S/C12H19N3O3S/c13-10-3-4-11(12(7-10)19(14,16)17)15-5-6-18-8-9-1-2-9/h3-4,7,9,15H,1-2,5-6,8,13H2,(H2,14,16,17). The minimum atomic E-state index is -3.79. The predicted molar refractivity (Wildman–Crippen MR) is 74.3 cm³/mol. The fourth-order valence-corrected chi connectivity index (χ4v) is 2.46. The maximum absolute atomic E-state index is 11.4. The normalized spacial score (nSPS) is 15.4.